The number of rotatable bonds is 9. The molecule has 2 aromatic carbocycles. The number of carbonyl (C=O) groups is 3. The summed E-state index contributed by atoms with van der Waals surface area (Å²) in [4.78, 5) is 37.5. The lowest BCUT2D eigenvalue weighted by molar-refractivity contribution is -0.128. The predicted octanol–water partition coefficient (Wildman–Crippen LogP) is 3.13. The molecular formula is C23H27N3O3S. The van der Waals surface area contributed by atoms with Gasteiger partial charge in [0.05, 0.1) is 5.25 Å². The van der Waals surface area contributed by atoms with Crippen molar-refractivity contribution in [1.29, 1.82) is 0 Å². The lowest BCUT2D eigenvalue weighted by Crippen LogP contribution is -2.50. The Hall–Kier alpha value is -2.80. The molecule has 0 spiro atoms. The van der Waals surface area contributed by atoms with E-state index in [1.807, 2.05) is 49.4 Å². The summed E-state index contributed by atoms with van der Waals surface area (Å²) < 4.78 is 0. The molecule has 1 fully saturated rings. The Morgan fingerprint density at radius 2 is 1.67 bits per heavy atom. The number of amides is 3. The van der Waals surface area contributed by atoms with Crippen LogP contribution >= 0.6 is 11.8 Å². The molecule has 1 aliphatic rings. The van der Waals surface area contributed by atoms with E-state index in [1.54, 1.807) is 12.1 Å². The summed E-state index contributed by atoms with van der Waals surface area (Å²) in [6.07, 6.45) is 2.45. The minimum Gasteiger partial charge on any atom is -0.352 e. The van der Waals surface area contributed by atoms with Crippen LogP contribution in [0.2, 0.25) is 0 Å². The van der Waals surface area contributed by atoms with Crippen LogP contribution in [0.5, 0.6) is 0 Å². The SMILES string of the molecule is CC(=O)Nc1ccc(SC(C)C(=O)NC(Cc2ccccc2)C(=O)NC2CC2)cc1. The van der Waals surface area contributed by atoms with Crippen molar-refractivity contribution < 1.29 is 14.4 Å². The van der Waals surface area contributed by atoms with E-state index >= 15 is 0 Å². The van der Waals surface area contributed by atoms with Gasteiger partial charge in [0, 0.05) is 30.0 Å². The first kappa shape index (κ1) is 21.9. The van der Waals surface area contributed by atoms with Gasteiger partial charge in [0.25, 0.3) is 0 Å². The zero-order chi connectivity index (χ0) is 21.5. The van der Waals surface area contributed by atoms with Crippen LogP contribution in [0, 0.1) is 0 Å². The third-order valence-corrected chi connectivity index (χ3v) is 5.81. The largest absolute Gasteiger partial charge is 0.352 e. The molecule has 2 aromatic rings. The van der Waals surface area contributed by atoms with E-state index in [9.17, 15) is 14.4 Å². The molecule has 0 aliphatic heterocycles. The first-order valence-corrected chi connectivity index (χ1v) is 11.0. The Labute approximate surface area is 181 Å². The van der Waals surface area contributed by atoms with Crippen LogP contribution in [-0.4, -0.2) is 35.1 Å². The van der Waals surface area contributed by atoms with Gasteiger partial charge in [-0.05, 0) is 49.6 Å². The van der Waals surface area contributed by atoms with E-state index < -0.39 is 6.04 Å². The van der Waals surface area contributed by atoms with Gasteiger partial charge in [-0.1, -0.05) is 30.3 Å². The number of nitrogens with one attached hydrogen (secondary N) is 3. The summed E-state index contributed by atoms with van der Waals surface area (Å²) in [6.45, 7) is 3.28. The van der Waals surface area contributed by atoms with E-state index in [2.05, 4.69) is 16.0 Å². The molecule has 6 nitrogen and oxygen atoms in total. The van der Waals surface area contributed by atoms with Crippen molar-refractivity contribution in [2.45, 2.75) is 55.3 Å². The highest BCUT2D eigenvalue weighted by Gasteiger charge is 2.29. The highest BCUT2D eigenvalue weighted by molar-refractivity contribution is 8.00. The Bertz CT molecular complexity index is 882. The lowest BCUT2D eigenvalue weighted by Gasteiger charge is -2.21. The van der Waals surface area contributed by atoms with Crippen molar-refractivity contribution in [2.24, 2.45) is 0 Å². The van der Waals surface area contributed by atoms with Gasteiger partial charge in [0.1, 0.15) is 6.04 Å². The minimum absolute atomic E-state index is 0.128. The molecule has 1 saturated carbocycles. The molecule has 0 saturated heterocycles. The molecule has 3 rings (SSSR count). The van der Waals surface area contributed by atoms with Crippen LogP contribution in [0.15, 0.2) is 59.5 Å². The van der Waals surface area contributed by atoms with Gasteiger partial charge in [0.2, 0.25) is 17.7 Å². The highest BCUT2D eigenvalue weighted by atomic mass is 32.2. The summed E-state index contributed by atoms with van der Waals surface area (Å²) >= 11 is 1.41. The second-order valence-electron chi connectivity index (χ2n) is 7.50. The van der Waals surface area contributed by atoms with Crippen LogP contribution < -0.4 is 16.0 Å². The van der Waals surface area contributed by atoms with Crippen molar-refractivity contribution in [1.82, 2.24) is 10.6 Å². The van der Waals surface area contributed by atoms with Crippen LogP contribution in [-0.2, 0) is 20.8 Å². The second-order valence-corrected chi connectivity index (χ2v) is 8.91. The Morgan fingerprint density at radius 3 is 2.27 bits per heavy atom. The normalized spacial score (nSPS) is 15.0. The van der Waals surface area contributed by atoms with Gasteiger partial charge in [-0.15, -0.1) is 11.8 Å². The molecule has 30 heavy (non-hydrogen) atoms. The fourth-order valence-corrected chi connectivity index (χ4v) is 3.83. The van der Waals surface area contributed by atoms with Crippen molar-refractivity contribution >= 4 is 35.2 Å². The molecule has 0 heterocycles. The fraction of sp³-hybridized carbons (Fsp3) is 0.348. The molecular weight excluding hydrogens is 398 g/mol. The van der Waals surface area contributed by atoms with E-state index in [0.717, 1.165) is 23.3 Å². The third kappa shape index (κ3) is 6.91. The number of benzene rings is 2. The number of thioether (sulfide) groups is 1. The smallest absolute Gasteiger partial charge is 0.243 e. The van der Waals surface area contributed by atoms with Crippen molar-refractivity contribution in [3.63, 3.8) is 0 Å². The number of carbonyl (C=O) groups excluding carboxylic acids is 3. The van der Waals surface area contributed by atoms with Gasteiger partial charge in [-0.25, -0.2) is 0 Å². The fourth-order valence-electron chi connectivity index (χ4n) is 2.96. The first-order valence-electron chi connectivity index (χ1n) is 10.1. The minimum atomic E-state index is -0.606. The molecule has 1 aliphatic carbocycles. The molecule has 2 unspecified atom stereocenters. The average Bonchev–Trinajstić information content (AvgIpc) is 3.53. The zero-order valence-electron chi connectivity index (χ0n) is 17.2. The molecule has 0 bridgehead atoms. The quantitative estimate of drug-likeness (QED) is 0.539. The summed E-state index contributed by atoms with van der Waals surface area (Å²) in [5, 5.41) is 8.27. The monoisotopic (exact) mass is 425 g/mol. The summed E-state index contributed by atoms with van der Waals surface area (Å²) in [5.41, 5.74) is 1.71. The highest BCUT2D eigenvalue weighted by Crippen LogP contribution is 2.25. The van der Waals surface area contributed by atoms with Crippen molar-refractivity contribution in [2.75, 3.05) is 5.32 Å². The van der Waals surface area contributed by atoms with Gasteiger partial charge in [-0.3, -0.25) is 14.4 Å². The molecule has 3 amide bonds. The summed E-state index contributed by atoms with van der Waals surface area (Å²) in [6, 6.07) is 16.7. The Morgan fingerprint density at radius 1 is 1.00 bits per heavy atom. The summed E-state index contributed by atoms with van der Waals surface area (Å²) in [5.74, 6) is -0.443. The van der Waals surface area contributed by atoms with Crippen LogP contribution in [0.3, 0.4) is 0 Å². The van der Waals surface area contributed by atoms with Gasteiger partial charge >= 0.3 is 0 Å². The third-order valence-electron chi connectivity index (χ3n) is 4.70. The van der Waals surface area contributed by atoms with Gasteiger partial charge in [0.15, 0.2) is 0 Å². The average molecular weight is 426 g/mol. The number of anilines is 1. The molecule has 7 heteroatoms. The molecule has 2 atom stereocenters. The number of hydrogen-bond acceptors (Lipinski definition) is 4. The van der Waals surface area contributed by atoms with Crippen molar-refractivity contribution in [3.8, 4) is 0 Å². The predicted molar refractivity (Wildman–Crippen MR) is 119 cm³/mol. The topological polar surface area (TPSA) is 87.3 Å². The zero-order valence-corrected chi connectivity index (χ0v) is 18.0. The van der Waals surface area contributed by atoms with Gasteiger partial charge in [-0.2, -0.15) is 0 Å². The standard InChI is InChI=1S/C23H27N3O3S/c1-15(30-20-12-10-18(11-13-20)24-16(2)27)22(28)26-21(23(29)25-19-8-9-19)14-17-6-4-3-5-7-17/h3-7,10-13,15,19,21H,8-9,14H2,1-2H3,(H,24,27)(H,25,29)(H,26,28). The van der Waals surface area contributed by atoms with E-state index in [0.29, 0.717) is 12.1 Å². The second kappa shape index (κ2) is 10.3. The Kier molecular flexibility index (Phi) is 7.52. The maximum absolute atomic E-state index is 12.8. The first-order chi connectivity index (χ1) is 14.4. The molecule has 0 aromatic heterocycles. The van der Waals surface area contributed by atoms with Crippen LogP contribution in [0.25, 0.3) is 0 Å². The van der Waals surface area contributed by atoms with E-state index in [4.69, 9.17) is 0 Å². The van der Waals surface area contributed by atoms with Gasteiger partial charge < -0.3 is 16.0 Å². The maximum Gasteiger partial charge on any atom is 0.243 e. The molecule has 3 N–H and O–H groups in total. The van der Waals surface area contributed by atoms with Crippen molar-refractivity contribution in [3.05, 3.63) is 60.2 Å². The Balaban J connectivity index is 1.60. The van der Waals surface area contributed by atoms with E-state index in [1.165, 1.54) is 18.7 Å². The molecule has 158 valence electrons. The molecule has 0 radical (unpaired) electrons. The van der Waals surface area contributed by atoms with Crippen LogP contribution in [0.4, 0.5) is 5.69 Å². The van der Waals surface area contributed by atoms with E-state index in [-0.39, 0.29) is 29.0 Å². The number of hydrogen-bond donors (Lipinski definition) is 3. The maximum atomic E-state index is 12.8. The lowest BCUT2D eigenvalue weighted by atomic mass is 10.0. The van der Waals surface area contributed by atoms with Crippen LogP contribution in [0.1, 0.15) is 32.3 Å². The summed E-state index contributed by atoms with van der Waals surface area (Å²) in [7, 11) is 0.